The van der Waals surface area contributed by atoms with Crippen molar-refractivity contribution in [1.82, 2.24) is 0 Å². The van der Waals surface area contributed by atoms with Crippen LogP contribution in [0.5, 0.6) is 0 Å². The van der Waals surface area contributed by atoms with Crippen LogP contribution in [0.4, 0.5) is 17.6 Å². The largest absolute Gasteiger partial charge is 0.837 e. The molecule has 10 heteroatoms. The number of amides is 2. The van der Waals surface area contributed by atoms with Crippen LogP contribution in [0.2, 0.25) is 0 Å². The Morgan fingerprint density at radius 2 is 1.20 bits per heavy atom. The van der Waals surface area contributed by atoms with Gasteiger partial charge in [-0.15, -0.1) is 0 Å². The molecule has 0 rings (SSSR count). The van der Waals surface area contributed by atoms with Gasteiger partial charge in [-0.2, -0.15) is 18.8 Å². The zero-order valence-corrected chi connectivity index (χ0v) is 6.54. The van der Waals surface area contributed by atoms with Crippen LogP contribution in [0.25, 0.3) is 0 Å². The third-order valence-electron chi connectivity index (χ3n) is 0.916. The predicted molar refractivity (Wildman–Crippen MR) is 32.0 cm³/mol. The van der Waals surface area contributed by atoms with Gasteiger partial charge in [0.05, 0.1) is 0 Å². The maximum absolute atomic E-state index is 12.4. The second-order valence-electron chi connectivity index (χ2n) is 1.91. The normalized spacial score (nSPS) is 13.9. The molecule has 0 bridgehead atoms. The topological polar surface area (TPSA) is 105 Å². The lowest BCUT2D eigenvalue weighted by Crippen LogP contribution is -2.37. The molecule has 0 aromatic carbocycles. The van der Waals surface area contributed by atoms with E-state index in [2.05, 4.69) is 0 Å². The first-order valence-corrected chi connectivity index (χ1v) is 2.97. The lowest BCUT2D eigenvalue weighted by molar-refractivity contribution is -0.234. The molecule has 0 saturated heterocycles. The van der Waals surface area contributed by atoms with Crippen molar-refractivity contribution in [2.45, 2.75) is 5.92 Å². The molecule has 0 aromatic rings. The molecule has 0 radical (unpaired) electrons. The molecule has 0 unspecified atom stereocenters. The number of rotatable bonds is 2. The molecule has 0 spiro atoms. The smallest absolute Gasteiger partial charge is 0.405 e. The van der Waals surface area contributed by atoms with Gasteiger partial charge in [0.1, 0.15) is 12.3 Å². The molecule has 0 aliphatic rings. The van der Waals surface area contributed by atoms with Crippen LogP contribution in [0.15, 0.2) is 9.98 Å². The molecule has 0 N–H and O–H groups in total. The first kappa shape index (κ1) is 13.0. The first-order valence-electron chi connectivity index (χ1n) is 2.97. The van der Waals surface area contributed by atoms with E-state index in [1.807, 2.05) is 0 Å². The maximum Gasteiger partial charge on any atom is 0.405 e. The average Bonchev–Trinajstić information content (AvgIpc) is 2.01. The summed E-state index contributed by atoms with van der Waals surface area (Å²) >= 11 is 0. The van der Waals surface area contributed by atoms with Crippen molar-refractivity contribution in [3.63, 3.8) is 0 Å². The summed E-state index contributed by atoms with van der Waals surface area (Å²) in [6, 6.07) is 0. The fraction of sp³-hybridized carbons (Fsp3) is 0.200. The van der Waals surface area contributed by atoms with E-state index in [-0.39, 0.29) is 0 Å². The number of halogens is 4. The van der Waals surface area contributed by atoms with Gasteiger partial charge in [0.2, 0.25) is 0 Å². The Morgan fingerprint density at radius 3 is 1.40 bits per heavy atom. The number of hydrogen-bond acceptors (Lipinski definition) is 4. The molecule has 6 nitrogen and oxygen atoms in total. The summed E-state index contributed by atoms with van der Waals surface area (Å²) in [5.41, 5.74) is 0. The quantitative estimate of drug-likeness (QED) is 0.237. The lowest BCUT2D eigenvalue weighted by Gasteiger charge is -2.08. The second kappa shape index (κ2) is 4.48. The summed E-state index contributed by atoms with van der Waals surface area (Å²) in [6.45, 7) is 0. The van der Waals surface area contributed by atoms with Crippen molar-refractivity contribution < 1.29 is 37.4 Å². The van der Waals surface area contributed by atoms with Crippen molar-refractivity contribution in [1.29, 1.82) is 0 Å². The van der Waals surface area contributed by atoms with E-state index in [4.69, 9.17) is 0 Å². The van der Waals surface area contributed by atoms with Crippen molar-refractivity contribution in [3.05, 3.63) is 0 Å². The minimum absolute atomic E-state index is 1.57. The Kier molecular flexibility index (Phi) is 3.88. The summed E-state index contributed by atoms with van der Waals surface area (Å²) < 4.78 is 47.5. The van der Waals surface area contributed by atoms with Crippen LogP contribution >= 0.6 is 0 Å². The van der Waals surface area contributed by atoms with Crippen LogP contribution in [0, 0.1) is 0 Å². The highest BCUT2D eigenvalue weighted by Crippen LogP contribution is 2.17. The molecule has 0 saturated carbocycles. The predicted octanol–water partition coefficient (Wildman–Crippen LogP) is -1.95. The van der Waals surface area contributed by atoms with Gasteiger partial charge in [-0.3, -0.25) is 9.59 Å². The molecule has 0 fully saturated rings. The van der Waals surface area contributed by atoms with Gasteiger partial charge in [-0.1, -0.05) is 0 Å². The monoisotopic (exact) mass is 228 g/mol. The second-order valence-corrected chi connectivity index (χ2v) is 1.91. The standard InChI is InChI=1S/C5H2F4N2O4/c6-3(14)10-1(12)5(8,9)2(13)11-4(7)15/h(H,10,12,14)(H,11,13,15)/p-2. The van der Waals surface area contributed by atoms with Gasteiger partial charge in [0.15, 0.2) is 0 Å². The maximum atomic E-state index is 12.4. The molecule has 84 valence electrons. The SMILES string of the molecule is O=C(N=C([O-])F)C(F)(F)C(=O)N=C([O-])F. The van der Waals surface area contributed by atoms with Crippen LogP contribution in [0.3, 0.4) is 0 Å². The summed E-state index contributed by atoms with van der Waals surface area (Å²) in [4.78, 5) is 23.5. The third-order valence-corrected chi connectivity index (χ3v) is 0.916. The summed E-state index contributed by atoms with van der Waals surface area (Å²) in [5, 5.41) is 19.0. The lowest BCUT2D eigenvalue weighted by atomic mass is 10.3. The summed E-state index contributed by atoms with van der Waals surface area (Å²) in [5.74, 6) is -10.6. The van der Waals surface area contributed by atoms with Crippen LogP contribution in [-0.4, -0.2) is 30.0 Å². The van der Waals surface area contributed by atoms with E-state index >= 15 is 0 Å². The van der Waals surface area contributed by atoms with E-state index in [1.54, 1.807) is 9.98 Å². The molecule has 0 aromatic heterocycles. The summed E-state index contributed by atoms with van der Waals surface area (Å²) in [7, 11) is 0. The molecular weight excluding hydrogens is 228 g/mol. The van der Waals surface area contributed by atoms with Gasteiger partial charge in [-0.05, 0) is 0 Å². The van der Waals surface area contributed by atoms with Crippen molar-refractivity contribution in [2.75, 3.05) is 0 Å². The number of hydrogen-bond donors (Lipinski definition) is 0. The van der Waals surface area contributed by atoms with E-state index in [1.165, 1.54) is 0 Å². The Labute approximate surface area is 78.6 Å². The number of alkyl halides is 2. The van der Waals surface area contributed by atoms with Gasteiger partial charge in [0.25, 0.3) is 0 Å². The average molecular weight is 228 g/mol. The van der Waals surface area contributed by atoms with Gasteiger partial charge in [0, 0.05) is 0 Å². The molecular formula is C5F4N2O4-2. The highest BCUT2D eigenvalue weighted by atomic mass is 19.3. The number of aliphatic imine (C=N–C) groups is 2. The Balaban J connectivity index is 4.99. The van der Waals surface area contributed by atoms with E-state index in [0.717, 1.165) is 0 Å². The molecule has 0 heterocycles. The molecule has 0 aliphatic carbocycles. The van der Waals surface area contributed by atoms with E-state index < -0.39 is 30.0 Å². The van der Waals surface area contributed by atoms with Crippen molar-refractivity contribution in [3.8, 4) is 0 Å². The molecule has 0 aliphatic heterocycles. The Bertz CT molecular complexity index is 311. The third kappa shape index (κ3) is 3.70. The van der Waals surface area contributed by atoms with E-state index in [9.17, 15) is 37.4 Å². The fourth-order valence-electron chi connectivity index (χ4n) is 0.392. The van der Waals surface area contributed by atoms with Crippen LogP contribution < -0.4 is 10.2 Å². The van der Waals surface area contributed by atoms with E-state index in [0.29, 0.717) is 0 Å². The minimum Gasteiger partial charge on any atom is -0.837 e. The first-order chi connectivity index (χ1) is 6.67. The van der Waals surface area contributed by atoms with Crippen molar-refractivity contribution >= 4 is 24.1 Å². The minimum atomic E-state index is -5.05. The van der Waals surface area contributed by atoms with Crippen LogP contribution in [0.1, 0.15) is 0 Å². The number of carbonyl (C=O) groups is 2. The zero-order chi connectivity index (χ0) is 12.2. The van der Waals surface area contributed by atoms with Crippen molar-refractivity contribution in [2.24, 2.45) is 9.98 Å². The van der Waals surface area contributed by atoms with Gasteiger partial charge < -0.3 is 10.2 Å². The fourth-order valence-corrected chi connectivity index (χ4v) is 0.392. The summed E-state index contributed by atoms with van der Waals surface area (Å²) in [6.07, 6.45) is -5.53. The zero-order valence-electron chi connectivity index (χ0n) is 6.54. The number of carbonyl (C=O) groups excluding carboxylic acids is 2. The highest BCUT2D eigenvalue weighted by molar-refractivity contribution is 6.10. The van der Waals surface area contributed by atoms with Crippen LogP contribution in [-0.2, 0) is 9.59 Å². The molecule has 2 amide bonds. The number of nitrogens with zero attached hydrogens (tertiary/aromatic N) is 2. The highest BCUT2D eigenvalue weighted by Gasteiger charge is 2.47. The Morgan fingerprint density at radius 1 is 0.933 bits per heavy atom. The van der Waals surface area contributed by atoms with Gasteiger partial charge >= 0.3 is 17.7 Å². The van der Waals surface area contributed by atoms with Gasteiger partial charge in [-0.25, -0.2) is 8.78 Å². The molecule has 15 heavy (non-hydrogen) atoms. The molecule has 0 atom stereocenters. The Hall–Kier alpha value is -2.00.